The minimum atomic E-state index is -4.64. The van der Waals surface area contributed by atoms with Crippen LogP contribution in [0.4, 0.5) is 17.6 Å². The highest BCUT2D eigenvalue weighted by Crippen LogP contribution is 2.43. The van der Waals surface area contributed by atoms with Crippen molar-refractivity contribution < 1.29 is 131 Å². The predicted octanol–water partition coefficient (Wildman–Crippen LogP) is 14.4. The summed E-state index contributed by atoms with van der Waals surface area (Å²) in [5.41, 5.74) is 0. The van der Waals surface area contributed by atoms with Gasteiger partial charge in [-0.1, -0.05) is 194 Å². The number of ether oxygens (including phenoxy) is 16. The van der Waals surface area contributed by atoms with E-state index in [1.54, 1.807) is 0 Å². The van der Waals surface area contributed by atoms with Crippen LogP contribution in [0.25, 0.3) is 0 Å². The fraction of sp³-hybridized carbons (Fsp3) is 0.870. The largest absolute Gasteiger partial charge is 0.472 e. The summed E-state index contributed by atoms with van der Waals surface area (Å²) in [4.78, 5) is 60.2. The number of rotatable bonds is 85. The van der Waals surface area contributed by atoms with Crippen LogP contribution in [0.1, 0.15) is 232 Å². The molecule has 0 saturated carbocycles. The molecule has 628 valence electrons. The molecule has 0 heterocycles. The fourth-order valence-corrected chi connectivity index (χ4v) is 11.2. The Morgan fingerprint density at radius 1 is 0.346 bits per heavy atom. The molecule has 0 bridgehead atoms. The van der Waals surface area contributed by atoms with E-state index in [-0.39, 0.29) is 90.6 Å². The Morgan fingerprint density at radius 2 is 0.626 bits per heavy atom. The second kappa shape index (κ2) is 77.7. The summed E-state index contributed by atoms with van der Waals surface area (Å²) in [6, 6.07) is 0.0134. The van der Waals surface area contributed by atoms with E-state index in [0.29, 0.717) is 145 Å². The Balaban J connectivity index is 1.99. The monoisotopic (exact) mass is 1570 g/mol. The van der Waals surface area contributed by atoms with E-state index in [2.05, 4.69) is 23.9 Å². The molecule has 2 unspecified atom stereocenters. The van der Waals surface area contributed by atoms with Crippen LogP contribution in [0.5, 0.6) is 5.75 Å². The standard InChI is InChI=1S/C77H138F4NO24P/c1-3-5-7-9-11-13-15-17-19-21-23-25-27-29-31-33-72(84)102-66-68(105-73(85)34-32-30-28-26-24-22-20-18-16-14-12-10-8-6-4-2)67-104-107(87,88)103-40-37-82-71(83)35-38-89-41-43-91-45-47-93-49-51-95-53-55-97-57-59-99-61-63-101-64-62-100-60-58-98-56-54-96-52-50-94-48-46-92-44-42-90-39-36-74(86)106-77-75(80)69(78)65-70(79)76(77)81/h65,68H,3-64,66-67H2,1-2H3,(H,82,83)(H,87,88). The number of benzene rings is 1. The van der Waals surface area contributed by atoms with Gasteiger partial charge in [-0.25, -0.2) is 13.3 Å². The Morgan fingerprint density at radius 3 is 0.944 bits per heavy atom. The molecule has 0 aromatic heterocycles. The van der Waals surface area contributed by atoms with E-state index in [9.17, 15) is 46.2 Å². The normalized spacial score (nSPS) is 12.4. The van der Waals surface area contributed by atoms with Gasteiger partial charge in [-0.15, -0.1) is 0 Å². The minimum Gasteiger partial charge on any atom is -0.462 e. The van der Waals surface area contributed by atoms with Crippen LogP contribution in [-0.4, -0.2) is 233 Å². The van der Waals surface area contributed by atoms with Gasteiger partial charge in [-0.05, 0) is 12.8 Å². The van der Waals surface area contributed by atoms with Gasteiger partial charge in [-0.2, -0.15) is 8.78 Å². The van der Waals surface area contributed by atoms with Gasteiger partial charge in [0, 0.05) is 31.9 Å². The molecule has 1 amide bonds. The third-order valence-corrected chi connectivity index (χ3v) is 17.5. The van der Waals surface area contributed by atoms with E-state index in [0.717, 1.165) is 38.5 Å². The molecule has 2 atom stereocenters. The number of unbranched alkanes of at least 4 members (excludes halogenated alkanes) is 28. The molecular weight excluding hydrogens is 1430 g/mol. The third-order valence-electron chi connectivity index (χ3n) is 16.5. The first-order valence-electron chi connectivity index (χ1n) is 40.1. The number of nitrogens with one attached hydrogen (secondary N) is 1. The Kier molecular flexibility index (Phi) is 73.7. The van der Waals surface area contributed by atoms with Crippen molar-refractivity contribution in [2.24, 2.45) is 0 Å². The lowest BCUT2D eigenvalue weighted by Crippen LogP contribution is -2.30. The number of carbonyl (C=O) groups is 4. The van der Waals surface area contributed by atoms with E-state index in [4.69, 9.17) is 80.1 Å². The van der Waals surface area contributed by atoms with Crippen LogP contribution in [0.15, 0.2) is 6.07 Å². The highest BCUT2D eigenvalue weighted by Gasteiger charge is 2.27. The zero-order chi connectivity index (χ0) is 77.7. The quantitative estimate of drug-likeness (QED) is 0.0153. The summed E-state index contributed by atoms with van der Waals surface area (Å²) in [6.07, 6.45) is 35.2. The SMILES string of the molecule is CCCCCCCCCCCCCCCCCC(=O)OCC(COP(=O)(O)OCCNC(=O)CCOCCOCCOCCOCCOCCOCCOCCOCCOCCOCCOCCOCCOCCC(=O)Oc1c(F)c(F)cc(F)c1F)OC(=O)CCCCCCCCCCCCCCCCC. The van der Waals surface area contributed by atoms with Crippen LogP contribution >= 0.6 is 7.82 Å². The zero-order valence-electron chi connectivity index (χ0n) is 65.2. The summed E-state index contributed by atoms with van der Waals surface area (Å²) in [5, 5.41) is 2.61. The van der Waals surface area contributed by atoms with E-state index in [1.165, 1.54) is 141 Å². The smallest absolute Gasteiger partial charge is 0.462 e. The van der Waals surface area contributed by atoms with E-state index in [1.807, 2.05) is 0 Å². The third kappa shape index (κ3) is 70.0. The van der Waals surface area contributed by atoms with Gasteiger partial charge >= 0.3 is 25.7 Å². The molecular formula is C77H138F4NO24P. The topological polar surface area (TPSA) is 284 Å². The lowest BCUT2D eigenvalue weighted by Gasteiger charge is -2.20. The van der Waals surface area contributed by atoms with Crippen LogP contribution < -0.4 is 10.1 Å². The number of hydrogen-bond donors (Lipinski definition) is 2. The molecule has 1 aromatic rings. The maximum Gasteiger partial charge on any atom is 0.472 e. The number of halogens is 4. The van der Waals surface area contributed by atoms with Crippen molar-refractivity contribution in [1.29, 1.82) is 0 Å². The summed E-state index contributed by atoms with van der Waals surface area (Å²) >= 11 is 0. The van der Waals surface area contributed by atoms with Gasteiger partial charge in [0.05, 0.1) is 191 Å². The molecule has 0 spiro atoms. The molecule has 2 N–H and O–H groups in total. The van der Waals surface area contributed by atoms with Crippen LogP contribution in [0.3, 0.4) is 0 Å². The number of amides is 1. The van der Waals surface area contributed by atoms with Gasteiger partial charge in [0.1, 0.15) is 6.61 Å². The average molecular weight is 1570 g/mol. The van der Waals surface area contributed by atoms with Gasteiger partial charge < -0.3 is 86.0 Å². The fourth-order valence-electron chi connectivity index (χ4n) is 10.4. The maximum atomic E-state index is 13.6. The van der Waals surface area contributed by atoms with E-state index < -0.39 is 73.9 Å². The first kappa shape index (κ1) is 101. The molecule has 1 rings (SSSR count). The highest BCUT2D eigenvalue weighted by molar-refractivity contribution is 7.47. The highest BCUT2D eigenvalue weighted by atomic mass is 31.2. The molecule has 0 radical (unpaired) electrons. The number of esters is 3. The van der Waals surface area contributed by atoms with Gasteiger partial charge in [-0.3, -0.25) is 28.2 Å². The summed E-state index contributed by atoms with van der Waals surface area (Å²) < 4.78 is 163. The molecule has 0 fully saturated rings. The molecule has 1 aromatic carbocycles. The summed E-state index contributed by atoms with van der Waals surface area (Å²) in [7, 11) is -4.64. The van der Waals surface area contributed by atoms with Crippen molar-refractivity contribution in [2.45, 2.75) is 238 Å². The number of hydrogen-bond acceptors (Lipinski definition) is 23. The number of phosphoric acid groups is 1. The van der Waals surface area contributed by atoms with Crippen molar-refractivity contribution in [3.63, 3.8) is 0 Å². The van der Waals surface area contributed by atoms with Gasteiger partial charge in [0.15, 0.2) is 17.7 Å². The van der Waals surface area contributed by atoms with Crippen molar-refractivity contribution in [3.05, 3.63) is 29.3 Å². The van der Waals surface area contributed by atoms with E-state index >= 15 is 0 Å². The molecule has 0 saturated heterocycles. The molecule has 0 aliphatic carbocycles. The van der Waals surface area contributed by atoms with Crippen molar-refractivity contribution >= 4 is 31.6 Å². The second-order valence-corrected chi connectivity index (χ2v) is 27.3. The second-order valence-electron chi connectivity index (χ2n) is 25.9. The minimum absolute atomic E-state index is 0.0134. The molecule has 30 heteroatoms. The molecule has 0 aliphatic rings. The predicted molar refractivity (Wildman–Crippen MR) is 396 cm³/mol. The van der Waals surface area contributed by atoms with Crippen molar-refractivity contribution in [2.75, 3.05) is 198 Å². The number of carbonyl (C=O) groups excluding carboxylic acids is 4. The first-order chi connectivity index (χ1) is 52.3. The van der Waals surface area contributed by atoms with Gasteiger partial charge in [0.2, 0.25) is 23.3 Å². The first-order valence-corrected chi connectivity index (χ1v) is 41.6. The Labute approximate surface area is 637 Å². The number of phosphoric ester groups is 1. The summed E-state index contributed by atoms with van der Waals surface area (Å²) in [5.74, 6) is -10.8. The van der Waals surface area contributed by atoms with Crippen LogP contribution in [-0.2, 0) is 104 Å². The van der Waals surface area contributed by atoms with Crippen molar-refractivity contribution in [3.8, 4) is 5.75 Å². The molecule has 107 heavy (non-hydrogen) atoms. The molecule has 25 nitrogen and oxygen atoms in total. The maximum absolute atomic E-state index is 13.6. The zero-order valence-corrected chi connectivity index (χ0v) is 66.1. The van der Waals surface area contributed by atoms with Crippen LogP contribution in [0, 0.1) is 23.3 Å². The lowest BCUT2D eigenvalue weighted by molar-refractivity contribution is -0.161. The summed E-state index contributed by atoms with van der Waals surface area (Å²) in [6.45, 7) is 11.9. The van der Waals surface area contributed by atoms with Crippen molar-refractivity contribution in [1.82, 2.24) is 5.32 Å². The Bertz CT molecular complexity index is 2230. The lowest BCUT2D eigenvalue weighted by atomic mass is 10.0. The average Bonchev–Trinajstić information content (AvgIpc) is 0.820. The van der Waals surface area contributed by atoms with Crippen LogP contribution in [0.2, 0.25) is 0 Å². The molecule has 0 aliphatic heterocycles. The van der Waals surface area contributed by atoms with Gasteiger partial charge in [0.25, 0.3) is 0 Å². The Hall–Kier alpha value is -3.59.